The molecule has 0 bridgehead atoms. The topological polar surface area (TPSA) is 9.23 Å². The Hall–Kier alpha value is -0.790. The summed E-state index contributed by atoms with van der Waals surface area (Å²) in [6, 6.07) is 6.25. The Balaban J connectivity index is 1.82. The Morgan fingerprint density at radius 1 is 1.44 bits per heavy atom. The lowest BCUT2D eigenvalue weighted by atomic mass is 9.75. The quantitative estimate of drug-likeness (QED) is 0.710. The maximum absolute atomic E-state index is 6.12. The molecule has 0 saturated carbocycles. The van der Waals surface area contributed by atoms with Gasteiger partial charge in [-0.05, 0) is 60.8 Å². The van der Waals surface area contributed by atoms with E-state index in [0.29, 0.717) is 17.9 Å². The molecule has 3 unspecified atom stereocenters. The van der Waals surface area contributed by atoms with Crippen molar-refractivity contribution in [3.8, 4) is 0 Å². The molecule has 0 aromatic heterocycles. The van der Waals surface area contributed by atoms with Gasteiger partial charge in [0.25, 0.3) is 0 Å². The van der Waals surface area contributed by atoms with Gasteiger partial charge in [-0.15, -0.1) is 6.58 Å². The number of rotatable bonds is 2. The molecule has 0 amide bonds. The fourth-order valence-corrected chi connectivity index (χ4v) is 3.61. The highest BCUT2D eigenvalue weighted by Gasteiger charge is 2.35. The Morgan fingerprint density at radius 3 is 3.17 bits per heavy atom. The Labute approximate surface area is 114 Å². The van der Waals surface area contributed by atoms with Crippen LogP contribution in [0.4, 0.5) is 0 Å². The van der Waals surface area contributed by atoms with Crippen molar-refractivity contribution in [3.63, 3.8) is 0 Å². The summed E-state index contributed by atoms with van der Waals surface area (Å²) in [6.45, 7) is 4.70. The van der Waals surface area contributed by atoms with Gasteiger partial charge in [0, 0.05) is 5.02 Å². The highest BCUT2D eigenvalue weighted by atomic mass is 35.5. The van der Waals surface area contributed by atoms with Gasteiger partial charge in [0.05, 0.1) is 12.7 Å². The lowest BCUT2D eigenvalue weighted by Gasteiger charge is -2.40. The smallest absolute Gasteiger partial charge is 0.0856 e. The van der Waals surface area contributed by atoms with Crippen molar-refractivity contribution in [3.05, 3.63) is 47.0 Å². The monoisotopic (exact) mass is 262 g/mol. The number of benzene rings is 1. The summed E-state index contributed by atoms with van der Waals surface area (Å²) in [6.07, 6.45) is 7.04. The van der Waals surface area contributed by atoms with E-state index >= 15 is 0 Å². The fraction of sp³-hybridized carbons (Fsp3) is 0.500. The van der Waals surface area contributed by atoms with E-state index in [1.54, 1.807) is 0 Å². The predicted molar refractivity (Wildman–Crippen MR) is 74.9 cm³/mol. The van der Waals surface area contributed by atoms with Crippen LogP contribution in [0.1, 0.15) is 36.5 Å². The van der Waals surface area contributed by atoms with Gasteiger partial charge >= 0.3 is 0 Å². The zero-order valence-electron chi connectivity index (χ0n) is 10.6. The van der Waals surface area contributed by atoms with Crippen LogP contribution in [0.15, 0.2) is 30.9 Å². The maximum atomic E-state index is 6.12. The SMILES string of the molecule is C=CCC1COC2c3ccc(Cl)cc3CCC2C1. The van der Waals surface area contributed by atoms with Gasteiger partial charge in [0.15, 0.2) is 0 Å². The van der Waals surface area contributed by atoms with E-state index in [2.05, 4.69) is 18.7 Å². The van der Waals surface area contributed by atoms with Gasteiger partial charge in [0.2, 0.25) is 0 Å². The molecule has 2 aliphatic rings. The third-order valence-corrected chi connectivity index (χ3v) is 4.51. The van der Waals surface area contributed by atoms with Crippen LogP contribution in [0, 0.1) is 11.8 Å². The first-order chi connectivity index (χ1) is 8.78. The molecule has 3 rings (SSSR count). The van der Waals surface area contributed by atoms with Crippen molar-refractivity contribution in [2.75, 3.05) is 6.61 Å². The normalized spacial score (nSPS) is 30.4. The molecule has 0 radical (unpaired) electrons. The number of halogens is 1. The van der Waals surface area contributed by atoms with Crippen LogP contribution in [0.3, 0.4) is 0 Å². The second-order valence-electron chi connectivity index (χ2n) is 5.52. The highest BCUT2D eigenvalue weighted by molar-refractivity contribution is 6.30. The summed E-state index contributed by atoms with van der Waals surface area (Å²) >= 11 is 6.06. The Kier molecular flexibility index (Phi) is 3.45. The molecule has 96 valence electrons. The third-order valence-electron chi connectivity index (χ3n) is 4.27. The standard InChI is InChI=1S/C16H19ClO/c1-2-3-11-8-13-5-4-12-9-14(17)6-7-15(12)16(13)18-10-11/h2,6-7,9,11,13,16H,1,3-5,8,10H2. The van der Waals surface area contributed by atoms with E-state index in [-0.39, 0.29) is 0 Å². The number of fused-ring (bicyclic) bond motifs is 3. The fourth-order valence-electron chi connectivity index (χ4n) is 3.42. The van der Waals surface area contributed by atoms with Crippen LogP contribution in [0.25, 0.3) is 0 Å². The molecule has 0 spiro atoms. The number of hydrogen-bond acceptors (Lipinski definition) is 1. The minimum atomic E-state index is 0.298. The first-order valence-corrected chi connectivity index (χ1v) is 7.16. The lowest BCUT2D eigenvalue weighted by Crippen LogP contribution is -2.32. The van der Waals surface area contributed by atoms with E-state index < -0.39 is 0 Å². The minimum Gasteiger partial charge on any atom is -0.373 e. The number of aryl methyl sites for hydroxylation is 1. The van der Waals surface area contributed by atoms with Gasteiger partial charge < -0.3 is 4.74 Å². The zero-order chi connectivity index (χ0) is 12.5. The van der Waals surface area contributed by atoms with E-state index in [0.717, 1.165) is 24.5 Å². The first-order valence-electron chi connectivity index (χ1n) is 6.78. The second kappa shape index (κ2) is 5.07. The second-order valence-corrected chi connectivity index (χ2v) is 5.96. The van der Waals surface area contributed by atoms with Crippen LogP contribution < -0.4 is 0 Å². The summed E-state index contributed by atoms with van der Waals surface area (Å²) in [5.74, 6) is 1.34. The van der Waals surface area contributed by atoms with Crippen molar-refractivity contribution in [1.29, 1.82) is 0 Å². The molecule has 1 saturated heterocycles. The average molecular weight is 263 g/mol. The first kappa shape index (κ1) is 12.3. The molecule has 0 N–H and O–H groups in total. The molecule has 2 heteroatoms. The van der Waals surface area contributed by atoms with Crippen LogP contribution >= 0.6 is 11.6 Å². The largest absolute Gasteiger partial charge is 0.373 e. The van der Waals surface area contributed by atoms with Gasteiger partial charge in [-0.3, -0.25) is 0 Å². The maximum Gasteiger partial charge on any atom is 0.0856 e. The summed E-state index contributed by atoms with van der Waals surface area (Å²) in [7, 11) is 0. The Bertz CT molecular complexity index is 454. The molecule has 3 atom stereocenters. The molecule has 1 aromatic rings. The number of hydrogen-bond donors (Lipinski definition) is 0. The molecule has 1 aliphatic carbocycles. The van der Waals surface area contributed by atoms with Crippen molar-refractivity contribution in [2.45, 2.75) is 31.8 Å². The number of ether oxygens (including phenoxy) is 1. The van der Waals surface area contributed by atoms with Gasteiger partial charge in [-0.1, -0.05) is 23.7 Å². The third kappa shape index (κ3) is 2.22. The minimum absolute atomic E-state index is 0.298. The van der Waals surface area contributed by atoms with Crippen molar-refractivity contribution >= 4 is 11.6 Å². The molecule has 1 heterocycles. The molecular formula is C16H19ClO. The molecule has 18 heavy (non-hydrogen) atoms. The Morgan fingerprint density at radius 2 is 2.33 bits per heavy atom. The highest BCUT2D eigenvalue weighted by Crippen LogP contribution is 2.44. The average Bonchev–Trinajstić information content (AvgIpc) is 2.38. The van der Waals surface area contributed by atoms with Crippen LogP contribution in [-0.2, 0) is 11.2 Å². The molecular weight excluding hydrogens is 244 g/mol. The molecule has 1 fully saturated rings. The van der Waals surface area contributed by atoms with E-state index in [1.165, 1.54) is 24.0 Å². The summed E-state index contributed by atoms with van der Waals surface area (Å²) in [5, 5.41) is 0.840. The lowest BCUT2D eigenvalue weighted by molar-refractivity contribution is -0.0649. The van der Waals surface area contributed by atoms with Crippen molar-refractivity contribution in [1.82, 2.24) is 0 Å². The summed E-state index contributed by atoms with van der Waals surface area (Å²) in [4.78, 5) is 0. The van der Waals surface area contributed by atoms with Crippen LogP contribution in [0.2, 0.25) is 5.02 Å². The number of allylic oxidation sites excluding steroid dienone is 1. The molecule has 1 aromatic carbocycles. The van der Waals surface area contributed by atoms with E-state index in [1.807, 2.05) is 12.1 Å². The van der Waals surface area contributed by atoms with Crippen LogP contribution in [-0.4, -0.2) is 6.61 Å². The van der Waals surface area contributed by atoms with Gasteiger partial charge in [-0.2, -0.15) is 0 Å². The van der Waals surface area contributed by atoms with Crippen molar-refractivity contribution in [2.24, 2.45) is 11.8 Å². The van der Waals surface area contributed by atoms with E-state index in [4.69, 9.17) is 16.3 Å². The van der Waals surface area contributed by atoms with Gasteiger partial charge in [-0.25, -0.2) is 0 Å². The van der Waals surface area contributed by atoms with Crippen LogP contribution in [0.5, 0.6) is 0 Å². The summed E-state index contributed by atoms with van der Waals surface area (Å²) < 4.78 is 6.12. The predicted octanol–water partition coefficient (Wildman–Crippen LogP) is 4.56. The van der Waals surface area contributed by atoms with Gasteiger partial charge in [0.1, 0.15) is 0 Å². The molecule has 1 nitrogen and oxygen atoms in total. The van der Waals surface area contributed by atoms with Crippen molar-refractivity contribution < 1.29 is 4.74 Å². The zero-order valence-corrected chi connectivity index (χ0v) is 11.3. The van der Waals surface area contributed by atoms with E-state index in [9.17, 15) is 0 Å². The molecule has 1 aliphatic heterocycles. The summed E-state index contributed by atoms with van der Waals surface area (Å²) in [5.41, 5.74) is 2.75.